The topological polar surface area (TPSA) is 52.2 Å². The minimum atomic E-state index is -0.978. The van der Waals surface area contributed by atoms with Gasteiger partial charge in [-0.3, -0.25) is 0 Å². The first-order valence-electron chi connectivity index (χ1n) is 8.65. The Bertz CT molecular complexity index is 466. The van der Waals surface area contributed by atoms with Gasteiger partial charge in [0, 0.05) is 18.6 Å². The zero-order valence-electron chi connectivity index (χ0n) is 13.6. The van der Waals surface area contributed by atoms with Crippen LogP contribution in [0.2, 0.25) is 0 Å². The number of benzene rings is 1. The number of carboxylic acids is 1. The van der Waals surface area contributed by atoms with Crippen LogP contribution in [0.1, 0.15) is 63.0 Å². The van der Waals surface area contributed by atoms with Gasteiger partial charge in [0.25, 0.3) is 0 Å². The number of hydrogen-bond donors (Lipinski definition) is 1. The van der Waals surface area contributed by atoms with Crippen LogP contribution in [-0.4, -0.2) is 12.0 Å². The average molecular weight is 302 g/mol. The highest BCUT2D eigenvalue weighted by Crippen LogP contribution is 2.27. The zero-order valence-corrected chi connectivity index (χ0v) is 13.6. The summed E-state index contributed by atoms with van der Waals surface area (Å²) in [5.74, 6) is -0.0991. The van der Waals surface area contributed by atoms with E-state index < -0.39 is 5.97 Å². The zero-order chi connectivity index (χ0) is 15.8. The van der Waals surface area contributed by atoms with E-state index in [4.69, 9.17) is 0 Å². The highest BCUT2D eigenvalue weighted by atomic mass is 16.4. The van der Waals surface area contributed by atoms with Crippen molar-refractivity contribution in [1.29, 1.82) is 0 Å². The maximum atomic E-state index is 10.6. The lowest BCUT2D eigenvalue weighted by Crippen LogP contribution is -2.29. The van der Waals surface area contributed by atoms with Crippen LogP contribution in [0.4, 0.5) is 0 Å². The molecule has 3 heteroatoms. The lowest BCUT2D eigenvalue weighted by molar-refractivity contribution is -0.305. The molecule has 0 aromatic heterocycles. The molecule has 22 heavy (non-hydrogen) atoms. The van der Waals surface area contributed by atoms with Gasteiger partial charge in [0.2, 0.25) is 0 Å². The van der Waals surface area contributed by atoms with E-state index in [-0.39, 0.29) is 6.42 Å². The molecule has 0 amide bonds. The summed E-state index contributed by atoms with van der Waals surface area (Å²) in [4.78, 5) is 10.6. The van der Waals surface area contributed by atoms with Gasteiger partial charge in [-0.05, 0) is 43.2 Å². The molecule has 0 aliphatic heterocycles. The Morgan fingerprint density at radius 2 is 1.91 bits per heavy atom. The van der Waals surface area contributed by atoms with Crippen LogP contribution >= 0.6 is 0 Å². The number of hydrogen-bond acceptors (Lipinski definition) is 3. The molecule has 0 saturated heterocycles. The number of aryl methyl sites for hydroxylation is 1. The number of carbonyl (C=O) groups excluding carboxylic acids is 1. The number of aliphatic carboxylic acids is 1. The number of rotatable bonds is 8. The first-order chi connectivity index (χ1) is 10.6. The van der Waals surface area contributed by atoms with E-state index in [0.29, 0.717) is 12.5 Å². The van der Waals surface area contributed by atoms with Gasteiger partial charge < -0.3 is 15.2 Å². The molecular formula is C19H28NO2-. The highest BCUT2D eigenvalue weighted by Gasteiger charge is 2.16. The van der Waals surface area contributed by atoms with Crippen molar-refractivity contribution >= 4 is 5.97 Å². The predicted molar refractivity (Wildman–Crippen MR) is 87.3 cm³/mol. The molecule has 1 aliphatic rings. The molecule has 0 radical (unpaired) electrons. The van der Waals surface area contributed by atoms with E-state index in [2.05, 4.69) is 18.3 Å². The minimum Gasteiger partial charge on any atom is -0.550 e. The molecule has 2 rings (SSSR count). The Hall–Kier alpha value is -1.35. The van der Waals surface area contributed by atoms with Gasteiger partial charge in [-0.1, -0.05) is 56.4 Å². The van der Waals surface area contributed by atoms with E-state index in [9.17, 15) is 9.90 Å². The number of nitrogens with one attached hydrogen (secondary N) is 1. The minimum absolute atomic E-state index is 0.0919. The van der Waals surface area contributed by atoms with Crippen molar-refractivity contribution in [3.8, 4) is 0 Å². The largest absolute Gasteiger partial charge is 0.550 e. The highest BCUT2D eigenvalue weighted by molar-refractivity contribution is 5.64. The molecule has 0 bridgehead atoms. The second kappa shape index (κ2) is 8.94. The number of carboxylic acid groups (broad SMARTS) is 1. The quantitative estimate of drug-likeness (QED) is 0.803. The molecule has 3 nitrogen and oxygen atoms in total. The third kappa shape index (κ3) is 5.80. The molecule has 0 spiro atoms. The summed E-state index contributed by atoms with van der Waals surface area (Å²) in [5, 5.41) is 14.3. The molecule has 1 saturated carbocycles. The second-order valence-electron chi connectivity index (χ2n) is 6.66. The smallest absolute Gasteiger partial charge is 0.0417 e. The Morgan fingerprint density at radius 1 is 1.23 bits per heavy atom. The van der Waals surface area contributed by atoms with Crippen molar-refractivity contribution in [3.05, 3.63) is 35.4 Å². The van der Waals surface area contributed by atoms with Crippen LogP contribution in [0, 0.1) is 5.92 Å². The SMILES string of the molecule is CC(CC1CCCCC1)NCc1ccccc1CCC(=O)[O-]. The molecule has 1 aromatic carbocycles. The standard InChI is InChI=1S/C19H29NO2/c1-15(13-16-7-3-2-4-8-16)20-14-18-10-6-5-9-17(18)11-12-19(21)22/h5-6,9-10,15-16,20H,2-4,7-8,11-14H2,1H3,(H,21,22)/p-1. The summed E-state index contributed by atoms with van der Waals surface area (Å²) in [6.07, 6.45) is 8.85. The fourth-order valence-corrected chi connectivity index (χ4v) is 3.50. The Balaban J connectivity index is 1.81. The third-order valence-corrected chi connectivity index (χ3v) is 4.77. The van der Waals surface area contributed by atoms with Crippen LogP contribution in [0.15, 0.2) is 24.3 Å². The van der Waals surface area contributed by atoms with Crippen molar-refractivity contribution in [3.63, 3.8) is 0 Å². The van der Waals surface area contributed by atoms with Crippen molar-refractivity contribution in [2.75, 3.05) is 0 Å². The average Bonchev–Trinajstić information content (AvgIpc) is 2.52. The summed E-state index contributed by atoms with van der Waals surface area (Å²) in [6.45, 7) is 3.08. The second-order valence-corrected chi connectivity index (χ2v) is 6.66. The van der Waals surface area contributed by atoms with Crippen molar-refractivity contribution in [1.82, 2.24) is 5.32 Å². The first-order valence-corrected chi connectivity index (χ1v) is 8.65. The maximum Gasteiger partial charge on any atom is 0.0417 e. The van der Waals surface area contributed by atoms with Crippen LogP contribution in [0.5, 0.6) is 0 Å². The van der Waals surface area contributed by atoms with Gasteiger partial charge in [-0.25, -0.2) is 0 Å². The van der Waals surface area contributed by atoms with Gasteiger partial charge >= 0.3 is 0 Å². The van der Waals surface area contributed by atoms with Gasteiger partial charge in [0.05, 0.1) is 0 Å². The van der Waals surface area contributed by atoms with Crippen molar-refractivity contribution in [2.45, 2.75) is 70.9 Å². The van der Waals surface area contributed by atoms with E-state index in [1.807, 2.05) is 18.2 Å². The molecule has 1 N–H and O–H groups in total. The molecule has 0 heterocycles. The van der Waals surface area contributed by atoms with E-state index >= 15 is 0 Å². The van der Waals surface area contributed by atoms with Crippen molar-refractivity contribution < 1.29 is 9.90 Å². The third-order valence-electron chi connectivity index (χ3n) is 4.77. The summed E-state index contributed by atoms with van der Waals surface area (Å²) in [7, 11) is 0. The summed E-state index contributed by atoms with van der Waals surface area (Å²) < 4.78 is 0. The Morgan fingerprint density at radius 3 is 2.59 bits per heavy atom. The molecular weight excluding hydrogens is 274 g/mol. The van der Waals surface area contributed by atoms with Crippen molar-refractivity contribution in [2.24, 2.45) is 5.92 Å². The van der Waals surface area contributed by atoms with Crippen LogP contribution < -0.4 is 10.4 Å². The molecule has 1 atom stereocenters. The lowest BCUT2D eigenvalue weighted by atomic mass is 9.85. The molecule has 1 fully saturated rings. The summed E-state index contributed by atoms with van der Waals surface area (Å²) in [6, 6.07) is 8.61. The molecule has 1 aromatic rings. The van der Waals surface area contributed by atoms with E-state index in [1.165, 1.54) is 44.1 Å². The fraction of sp³-hybridized carbons (Fsp3) is 0.632. The normalized spacial score (nSPS) is 17.3. The summed E-state index contributed by atoms with van der Waals surface area (Å²) >= 11 is 0. The van der Waals surface area contributed by atoms with Crippen LogP contribution in [0.3, 0.4) is 0 Å². The summed E-state index contributed by atoms with van der Waals surface area (Å²) in [5.41, 5.74) is 2.32. The fourth-order valence-electron chi connectivity index (χ4n) is 3.50. The Kier molecular flexibility index (Phi) is 6.91. The van der Waals surface area contributed by atoms with Crippen LogP contribution in [-0.2, 0) is 17.8 Å². The first kappa shape index (κ1) is 17.0. The van der Waals surface area contributed by atoms with Gasteiger partial charge in [-0.15, -0.1) is 0 Å². The van der Waals surface area contributed by atoms with E-state index in [1.54, 1.807) is 0 Å². The van der Waals surface area contributed by atoms with Gasteiger partial charge in [0.1, 0.15) is 0 Å². The van der Waals surface area contributed by atoms with Gasteiger partial charge in [0.15, 0.2) is 0 Å². The Labute approximate surface area is 134 Å². The predicted octanol–water partition coefficient (Wildman–Crippen LogP) is 2.82. The van der Waals surface area contributed by atoms with Gasteiger partial charge in [-0.2, -0.15) is 0 Å². The van der Waals surface area contributed by atoms with E-state index in [0.717, 1.165) is 18.0 Å². The monoisotopic (exact) mass is 302 g/mol. The molecule has 1 unspecified atom stereocenters. The molecule has 122 valence electrons. The maximum absolute atomic E-state index is 10.6. The van der Waals surface area contributed by atoms with Crippen LogP contribution in [0.25, 0.3) is 0 Å². The number of carbonyl (C=O) groups is 1. The molecule has 1 aliphatic carbocycles. The lowest BCUT2D eigenvalue weighted by Gasteiger charge is -2.25.